The zero-order valence-electron chi connectivity index (χ0n) is 11.3. The highest BCUT2D eigenvalue weighted by Crippen LogP contribution is 2.39. The molecule has 0 spiro atoms. The van der Waals surface area contributed by atoms with E-state index in [0.717, 1.165) is 36.3 Å². The Hall–Kier alpha value is -1.84. The third kappa shape index (κ3) is 1.82. The minimum atomic E-state index is -0.581. The Balaban J connectivity index is 2.08. The number of carbonyl (C=O) groups excluding carboxylic acids is 2. The van der Waals surface area contributed by atoms with Crippen molar-refractivity contribution in [2.24, 2.45) is 5.41 Å². The lowest BCUT2D eigenvalue weighted by Gasteiger charge is -2.25. The van der Waals surface area contributed by atoms with Gasteiger partial charge in [-0.25, -0.2) is 4.90 Å². The second kappa shape index (κ2) is 4.08. The monoisotopic (exact) mass is 258 g/mol. The lowest BCUT2D eigenvalue weighted by Crippen LogP contribution is -2.34. The maximum absolute atomic E-state index is 12.4. The number of hydrogen-bond donors (Lipinski definition) is 1. The van der Waals surface area contributed by atoms with Crippen LogP contribution in [0.5, 0.6) is 0 Å². The van der Waals surface area contributed by atoms with Gasteiger partial charge in [-0.3, -0.25) is 9.59 Å². The molecule has 2 heterocycles. The molecule has 0 bridgehead atoms. The lowest BCUT2D eigenvalue weighted by atomic mass is 9.92. The maximum atomic E-state index is 12.4. The van der Waals surface area contributed by atoms with E-state index in [9.17, 15) is 9.59 Å². The van der Waals surface area contributed by atoms with Crippen LogP contribution in [0.2, 0.25) is 0 Å². The molecule has 2 aliphatic heterocycles. The topological polar surface area (TPSA) is 49.4 Å². The quantitative estimate of drug-likeness (QED) is 0.786. The molecule has 4 nitrogen and oxygen atoms in total. The van der Waals surface area contributed by atoms with E-state index >= 15 is 0 Å². The number of anilines is 2. The number of amides is 2. The van der Waals surface area contributed by atoms with E-state index in [1.165, 1.54) is 4.90 Å². The molecule has 0 unspecified atom stereocenters. The summed E-state index contributed by atoms with van der Waals surface area (Å²) in [4.78, 5) is 26.0. The van der Waals surface area contributed by atoms with Crippen LogP contribution in [0, 0.1) is 5.41 Å². The molecule has 0 aliphatic carbocycles. The van der Waals surface area contributed by atoms with Crippen LogP contribution in [0.25, 0.3) is 0 Å². The Morgan fingerprint density at radius 3 is 2.74 bits per heavy atom. The smallest absolute Gasteiger partial charge is 0.239 e. The second-order valence-electron chi connectivity index (χ2n) is 5.93. The first-order valence-corrected chi connectivity index (χ1v) is 6.74. The fourth-order valence-corrected chi connectivity index (χ4v) is 2.89. The van der Waals surface area contributed by atoms with E-state index in [1.807, 2.05) is 32.0 Å². The largest absolute Gasteiger partial charge is 0.385 e. The van der Waals surface area contributed by atoms with Gasteiger partial charge in [0.1, 0.15) is 0 Å². The number of nitrogens with zero attached hydrogens (tertiary/aromatic N) is 1. The van der Waals surface area contributed by atoms with Gasteiger partial charge in [-0.15, -0.1) is 0 Å². The zero-order valence-corrected chi connectivity index (χ0v) is 11.3. The second-order valence-corrected chi connectivity index (χ2v) is 5.93. The van der Waals surface area contributed by atoms with Gasteiger partial charge in [0.15, 0.2) is 0 Å². The van der Waals surface area contributed by atoms with Crippen LogP contribution in [0.4, 0.5) is 11.4 Å². The van der Waals surface area contributed by atoms with Crippen molar-refractivity contribution in [2.45, 2.75) is 33.1 Å². The van der Waals surface area contributed by atoms with Crippen molar-refractivity contribution in [1.29, 1.82) is 0 Å². The highest BCUT2D eigenvalue weighted by molar-refractivity contribution is 6.22. The Kier molecular flexibility index (Phi) is 2.62. The van der Waals surface area contributed by atoms with Gasteiger partial charge in [-0.1, -0.05) is 19.9 Å². The predicted molar refractivity (Wildman–Crippen MR) is 74.1 cm³/mol. The summed E-state index contributed by atoms with van der Waals surface area (Å²) in [5.74, 6) is -0.176. The first-order chi connectivity index (χ1) is 9.00. The molecule has 0 aromatic heterocycles. The van der Waals surface area contributed by atoms with Gasteiger partial charge in [-0.05, 0) is 30.5 Å². The molecule has 2 amide bonds. The third-order valence-electron chi connectivity index (χ3n) is 3.94. The summed E-state index contributed by atoms with van der Waals surface area (Å²) >= 11 is 0. The summed E-state index contributed by atoms with van der Waals surface area (Å²) in [6, 6.07) is 5.79. The van der Waals surface area contributed by atoms with Gasteiger partial charge in [0, 0.05) is 18.7 Å². The highest BCUT2D eigenvalue weighted by Gasteiger charge is 2.46. The van der Waals surface area contributed by atoms with Gasteiger partial charge in [0.05, 0.1) is 11.1 Å². The summed E-state index contributed by atoms with van der Waals surface area (Å²) in [5, 5.41) is 3.33. The first-order valence-electron chi connectivity index (χ1n) is 6.74. The molecule has 100 valence electrons. The van der Waals surface area contributed by atoms with E-state index < -0.39 is 5.41 Å². The molecule has 1 N–H and O–H groups in total. The fraction of sp³-hybridized carbons (Fsp3) is 0.467. The summed E-state index contributed by atoms with van der Waals surface area (Å²) in [6.45, 7) is 4.62. The van der Waals surface area contributed by atoms with Crippen LogP contribution in [0.3, 0.4) is 0 Å². The van der Waals surface area contributed by atoms with Crippen LogP contribution in [-0.2, 0) is 16.0 Å². The van der Waals surface area contributed by atoms with Crippen LogP contribution in [0.15, 0.2) is 18.2 Å². The molecule has 0 radical (unpaired) electrons. The number of rotatable bonds is 1. The van der Waals surface area contributed by atoms with Crippen LogP contribution >= 0.6 is 0 Å². The van der Waals surface area contributed by atoms with Crippen molar-refractivity contribution in [3.8, 4) is 0 Å². The van der Waals surface area contributed by atoms with E-state index in [-0.39, 0.29) is 11.8 Å². The summed E-state index contributed by atoms with van der Waals surface area (Å²) in [5.41, 5.74) is 2.33. The van der Waals surface area contributed by atoms with Crippen molar-refractivity contribution < 1.29 is 9.59 Å². The molecule has 3 rings (SSSR count). The molecule has 4 heteroatoms. The van der Waals surface area contributed by atoms with Gasteiger partial charge in [-0.2, -0.15) is 0 Å². The molecular weight excluding hydrogens is 240 g/mol. The predicted octanol–water partition coefficient (Wildman–Crippen LogP) is 2.33. The van der Waals surface area contributed by atoms with Crippen molar-refractivity contribution in [1.82, 2.24) is 0 Å². The number of fused-ring (bicyclic) bond motifs is 1. The van der Waals surface area contributed by atoms with Gasteiger partial charge >= 0.3 is 0 Å². The average Bonchev–Trinajstić information content (AvgIpc) is 2.58. The number of benzene rings is 1. The molecule has 1 fully saturated rings. The number of imide groups is 1. The SMILES string of the molecule is CC1(C)CC(=O)N(c2cccc3c2CCCN3)C1=O. The Bertz CT molecular complexity index is 563. The molecule has 0 atom stereocenters. The molecule has 1 aromatic carbocycles. The van der Waals surface area contributed by atoms with Crippen LogP contribution in [-0.4, -0.2) is 18.4 Å². The van der Waals surface area contributed by atoms with Crippen molar-refractivity contribution in [3.63, 3.8) is 0 Å². The van der Waals surface area contributed by atoms with Crippen molar-refractivity contribution >= 4 is 23.2 Å². The summed E-state index contributed by atoms with van der Waals surface area (Å²) in [6.07, 6.45) is 2.24. The van der Waals surface area contributed by atoms with Crippen LogP contribution in [0.1, 0.15) is 32.3 Å². The molecule has 1 aromatic rings. The average molecular weight is 258 g/mol. The normalized spacial score (nSPS) is 21.3. The number of carbonyl (C=O) groups is 2. The van der Waals surface area contributed by atoms with Crippen molar-refractivity contribution in [3.05, 3.63) is 23.8 Å². The number of nitrogens with one attached hydrogen (secondary N) is 1. The summed E-state index contributed by atoms with van der Waals surface area (Å²) in [7, 11) is 0. The first kappa shape index (κ1) is 12.2. The maximum Gasteiger partial charge on any atom is 0.239 e. The van der Waals surface area contributed by atoms with E-state index in [0.29, 0.717) is 6.42 Å². The molecule has 0 saturated carbocycles. The Labute approximate surface area is 112 Å². The minimum Gasteiger partial charge on any atom is -0.385 e. The fourth-order valence-electron chi connectivity index (χ4n) is 2.89. The standard InChI is InChI=1S/C15H18N2O2/c1-15(2)9-13(18)17(14(15)19)12-7-3-6-11-10(12)5-4-8-16-11/h3,6-7,16H,4-5,8-9H2,1-2H3. The minimum absolute atomic E-state index is 0.0866. The van der Waals surface area contributed by atoms with E-state index in [4.69, 9.17) is 0 Å². The number of hydrogen-bond acceptors (Lipinski definition) is 3. The third-order valence-corrected chi connectivity index (χ3v) is 3.94. The lowest BCUT2D eigenvalue weighted by molar-refractivity contribution is -0.124. The van der Waals surface area contributed by atoms with Gasteiger partial charge in [0.25, 0.3) is 0 Å². The molecule has 2 aliphatic rings. The molecular formula is C15H18N2O2. The van der Waals surface area contributed by atoms with Gasteiger partial charge < -0.3 is 5.32 Å². The van der Waals surface area contributed by atoms with E-state index in [2.05, 4.69) is 5.32 Å². The Morgan fingerprint density at radius 2 is 2.05 bits per heavy atom. The Morgan fingerprint density at radius 1 is 1.26 bits per heavy atom. The highest BCUT2D eigenvalue weighted by atomic mass is 16.2. The molecule has 1 saturated heterocycles. The summed E-state index contributed by atoms with van der Waals surface area (Å²) < 4.78 is 0. The molecule has 19 heavy (non-hydrogen) atoms. The van der Waals surface area contributed by atoms with Crippen LogP contribution < -0.4 is 10.2 Å². The zero-order chi connectivity index (χ0) is 13.6. The van der Waals surface area contributed by atoms with Gasteiger partial charge in [0.2, 0.25) is 11.8 Å². The van der Waals surface area contributed by atoms with E-state index in [1.54, 1.807) is 0 Å². The van der Waals surface area contributed by atoms with Crippen molar-refractivity contribution in [2.75, 3.05) is 16.8 Å².